The summed E-state index contributed by atoms with van der Waals surface area (Å²) in [6.07, 6.45) is 7.68. The third kappa shape index (κ3) is 2.36. The molecule has 6 nitrogen and oxygen atoms in total. The van der Waals surface area contributed by atoms with E-state index in [0.29, 0.717) is 18.6 Å². The van der Waals surface area contributed by atoms with Crippen molar-refractivity contribution >= 4 is 11.3 Å². The summed E-state index contributed by atoms with van der Waals surface area (Å²) in [5.74, 6) is 1.68. The minimum atomic E-state index is 0.319. The van der Waals surface area contributed by atoms with Gasteiger partial charge in [-0.3, -0.25) is 0 Å². The molecule has 22 heavy (non-hydrogen) atoms. The van der Waals surface area contributed by atoms with Crippen LogP contribution in [0.25, 0.3) is 5.52 Å². The van der Waals surface area contributed by atoms with Crippen molar-refractivity contribution in [2.45, 2.75) is 31.2 Å². The first-order valence-corrected chi connectivity index (χ1v) is 8.17. The highest BCUT2D eigenvalue weighted by Gasteiger charge is 2.27. The molecule has 4 rings (SSSR count). The molecule has 1 aliphatic carbocycles. The molecule has 1 saturated heterocycles. The third-order valence-electron chi connectivity index (χ3n) is 4.89. The van der Waals surface area contributed by atoms with E-state index in [9.17, 15) is 0 Å². The van der Waals surface area contributed by atoms with Crippen molar-refractivity contribution in [1.29, 1.82) is 0 Å². The Morgan fingerprint density at radius 2 is 2.32 bits per heavy atom. The molecular formula is C16H23N5O. The van der Waals surface area contributed by atoms with E-state index in [1.807, 2.05) is 16.9 Å². The number of fused-ring (bicyclic) bond motifs is 1. The summed E-state index contributed by atoms with van der Waals surface area (Å²) >= 11 is 0. The molecule has 0 bridgehead atoms. The van der Waals surface area contributed by atoms with Gasteiger partial charge in [0.25, 0.3) is 0 Å². The van der Waals surface area contributed by atoms with Crippen molar-refractivity contribution in [3.05, 3.63) is 24.2 Å². The number of aromatic nitrogens is 3. The molecule has 1 saturated carbocycles. The molecule has 1 unspecified atom stereocenters. The number of nitrogens with one attached hydrogen (secondary N) is 1. The smallest absolute Gasteiger partial charge is 0.155 e. The van der Waals surface area contributed by atoms with E-state index in [1.54, 1.807) is 7.11 Å². The summed E-state index contributed by atoms with van der Waals surface area (Å²) in [4.78, 5) is 7.02. The highest BCUT2D eigenvalue weighted by Crippen LogP contribution is 2.36. The standard InChI is InChI=1S/C16H23N5O/c1-22-11-13-10-17-5-7-20(13)16-15-9-14(12-3-2-4-12)19-21(15)8-6-18-16/h6,8-9,12-13,17H,2-5,7,10-11H2,1H3. The molecular weight excluding hydrogens is 278 g/mol. The summed E-state index contributed by atoms with van der Waals surface area (Å²) in [5.41, 5.74) is 2.34. The van der Waals surface area contributed by atoms with Gasteiger partial charge in [0.15, 0.2) is 5.82 Å². The van der Waals surface area contributed by atoms with Crippen LogP contribution in [0.3, 0.4) is 0 Å². The van der Waals surface area contributed by atoms with Gasteiger partial charge in [0.1, 0.15) is 5.52 Å². The molecule has 2 aliphatic rings. The lowest BCUT2D eigenvalue weighted by Gasteiger charge is -2.36. The molecule has 2 fully saturated rings. The van der Waals surface area contributed by atoms with Gasteiger partial charge in [-0.2, -0.15) is 5.10 Å². The topological polar surface area (TPSA) is 54.7 Å². The molecule has 6 heteroatoms. The fourth-order valence-electron chi connectivity index (χ4n) is 3.43. The monoisotopic (exact) mass is 301 g/mol. The maximum Gasteiger partial charge on any atom is 0.155 e. The van der Waals surface area contributed by atoms with Gasteiger partial charge < -0.3 is 15.0 Å². The Bertz CT molecular complexity index is 649. The summed E-state index contributed by atoms with van der Waals surface area (Å²) in [6.45, 7) is 3.57. The van der Waals surface area contributed by atoms with Gasteiger partial charge in [-0.15, -0.1) is 0 Å². The normalized spacial score (nSPS) is 23.0. The van der Waals surface area contributed by atoms with Crippen molar-refractivity contribution in [1.82, 2.24) is 19.9 Å². The summed E-state index contributed by atoms with van der Waals surface area (Å²) in [7, 11) is 1.76. The maximum absolute atomic E-state index is 5.38. The van der Waals surface area contributed by atoms with Crippen LogP contribution >= 0.6 is 0 Å². The molecule has 118 valence electrons. The van der Waals surface area contributed by atoms with Crippen LogP contribution < -0.4 is 10.2 Å². The number of rotatable bonds is 4. The van der Waals surface area contributed by atoms with Gasteiger partial charge >= 0.3 is 0 Å². The summed E-state index contributed by atoms with van der Waals surface area (Å²) in [6, 6.07) is 2.55. The molecule has 2 aromatic rings. The maximum atomic E-state index is 5.38. The minimum absolute atomic E-state index is 0.319. The Morgan fingerprint density at radius 1 is 1.41 bits per heavy atom. The van der Waals surface area contributed by atoms with Crippen LogP contribution in [-0.4, -0.2) is 54.0 Å². The number of ether oxygens (including phenoxy) is 1. The van der Waals surface area contributed by atoms with Crippen molar-refractivity contribution in [3.8, 4) is 0 Å². The Labute approximate surface area is 130 Å². The van der Waals surface area contributed by atoms with Crippen LogP contribution in [0.5, 0.6) is 0 Å². The molecule has 1 aliphatic heterocycles. The largest absolute Gasteiger partial charge is 0.383 e. The Hall–Kier alpha value is -1.66. The van der Waals surface area contributed by atoms with Crippen molar-refractivity contribution in [2.24, 2.45) is 0 Å². The van der Waals surface area contributed by atoms with Gasteiger partial charge in [-0.1, -0.05) is 6.42 Å². The second-order valence-corrected chi connectivity index (χ2v) is 6.28. The van der Waals surface area contributed by atoms with Crippen molar-refractivity contribution in [3.63, 3.8) is 0 Å². The van der Waals surface area contributed by atoms with Crippen LogP contribution in [0, 0.1) is 0 Å². The predicted molar refractivity (Wildman–Crippen MR) is 85.5 cm³/mol. The molecule has 2 aromatic heterocycles. The SMILES string of the molecule is COCC1CNCCN1c1nccn2nc(C3CCC3)cc12. The van der Waals surface area contributed by atoms with E-state index in [1.165, 1.54) is 25.0 Å². The van der Waals surface area contributed by atoms with Crippen LogP contribution in [0.1, 0.15) is 30.9 Å². The van der Waals surface area contributed by atoms with E-state index in [4.69, 9.17) is 9.84 Å². The fourth-order valence-corrected chi connectivity index (χ4v) is 3.43. The minimum Gasteiger partial charge on any atom is -0.383 e. The van der Waals surface area contributed by atoms with Crippen LogP contribution in [0.15, 0.2) is 18.5 Å². The van der Waals surface area contributed by atoms with Crippen molar-refractivity contribution < 1.29 is 4.74 Å². The van der Waals surface area contributed by atoms with Crippen molar-refractivity contribution in [2.75, 3.05) is 38.3 Å². The third-order valence-corrected chi connectivity index (χ3v) is 4.89. The highest BCUT2D eigenvalue weighted by atomic mass is 16.5. The summed E-state index contributed by atoms with van der Waals surface area (Å²) in [5, 5.41) is 8.20. The number of hydrogen-bond acceptors (Lipinski definition) is 5. The number of anilines is 1. The molecule has 1 atom stereocenters. The number of nitrogens with zero attached hydrogens (tertiary/aromatic N) is 4. The first-order valence-electron chi connectivity index (χ1n) is 8.17. The number of piperazine rings is 1. The van der Waals surface area contributed by atoms with E-state index in [-0.39, 0.29) is 0 Å². The zero-order valence-electron chi connectivity index (χ0n) is 13.0. The average Bonchev–Trinajstić information content (AvgIpc) is 2.89. The number of hydrogen-bond donors (Lipinski definition) is 1. The highest BCUT2D eigenvalue weighted by molar-refractivity contribution is 5.70. The summed E-state index contributed by atoms with van der Waals surface area (Å²) < 4.78 is 7.37. The van der Waals surface area contributed by atoms with Crippen LogP contribution in [-0.2, 0) is 4.74 Å². The zero-order chi connectivity index (χ0) is 14.9. The van der Waals surface area contributed by atoms with E-state index in [0.717, 1.165) is 31.0 Å². The Morgan fingerprint density at radius 3 is 3.09 bits per heavy atom. The first-order chi connectivity index (χ1) is 10.9. The number of methoxy groups -OCH3 is 1. The zero-order valence-corrected chi connectivity index (χ0v) is 13.0. The molecule has 0 spiro atoms. The molecule has 0 radical (unpaired) electrons. The average molecular weight is 301 g/mol. The molecule has 1 N–H and O–H groups in total. The lowest BCUT2D eigenvalue weighted by Crippen LogP contribution is -2.53. The van der Waals surface area contributed by atoms with Gasteiger partial charge in [0, 0.05) is 45.1 Å². The molecule has 3 heterocycles. The lowest BCUT2D eigenvalue weighted by molar-refractivity contribution is 0.170. The second kappa shape index (κ2) is 5.85. The molecule has 0 amide bonds. The van der Waals surface area contributed by atoms with Gasteiger partial charge in [-0.25, -0.2) is 9.50 Å². The Kier molecular flexibility index (Phi) is 3.72. The lowest BCUT2D eigenvalue weighted by atomic mass is 9.83. The van der Waals surface area contributed by atoms with Crippen LogP contribution in [0.4, 0.5) is 5.82 Å². The van der Waals surface area contributed by atoms with E-state index >= 15 is 0 Å². The predicted octanol–water partition coefficient (Wildman–Crippen LogP) is 1.42. The first kappa shape index (κ1) is 14.0. The van der Waals surface area contributed by atoms with Gasteiger partial charge in [-0.05, 0) is 18.9 Å². The van der Waals surface area contributed by atoms with Gasteiger partial charge in [0.2, 0.25) is 0 Å². The van der Waals surface area contributed by atoms with E-state index < -0.39 is 0 Å². The quantitative estimate of drug-likeness (QED) is 0.925. The van der Waals surface area contributed by atoms with Crippen LogP contribution in [0.2, 0.25) is 0 Å². The van der Waals surface area contributed by atoms with E-state index in [2.05, 4.69) is 21.3 Å². The fraction of sp³-hybridized carbons (Fsp3) is 0.625. The Balaban J connectivity index is 1.71. The second-order valence-electron chi connectivity index (χ2n) is 6.28. The van der Waals surface area contributed by atoms with Gasteiger partial charge in [0.05, 0.1) is 18.3 Å². The molecule has 0 aromatic carbocycles.